The molecule has 0 spiro atoms. The lowest BCUT2D eigenvalue weighted by Crippen LogP contribution is -2.49. The Kier molecular flexibility index (Phi) is 9.14. The third-order valence-corrected chi connectivity index (χ3v) is 7.00. The Bertz CT molecular complexity index is 1090. The summed E-state index contributed by atoms with van der Waals surface area (Å²) in [6, 6.07) is 18.2. The molecular formula is C29H35NO8. The van der Waals surface area contributed by atoms with Gasteiger partial charge in [-0.1, -0.05) is 60.7 Å². The van der Waals surface area contributed by atoms with E-state index < -0.39 is 54.4 Å². The van der Waals surface area contributed by atoms with Gasteiger partial charge in [0.05, 0.1) is 25.3 Å². The van der Waals surface area contributed by atoms with Crippen LogP contribution in [0.3, 0.4) is 0 Å². The minimum Gasteiger partial charge on any atom is -0.464 e. The fourth-order valence-electron chi connectivity index (χ4n) is 5.54. The van der Waals surface area contributed by atoms with Gasteiger partial charge in [-0.3, -0.25) is 19.3 Å². The van der Waals surface area contributed by atoms with Crippen LogP contribution < -0.4 is 0 Å². The highest BCUT2D eigenvalue weighted by Gasteiger charge is 2.64. The number of hydrogen-bond donors (Lipinski definition) is 0. The Labute approximate surface area is 222 Å². The maximum absolute atomic E-state index is 12.2. The standard InChI is InChI=1S/C29H35NO8/c1-18-26(37-20(3)32)29(38-21(4)33)25-28(36-16-23-13-9-6-10-14-23)27(24(30(18)25)17-34-19(2)31)35-15-22-11-7-5-8-12-22/h5-14,18,24-29H,15-17H2,1-4H3/t18-,24+,25-,26-,27+,28+,29-/m0/s1. The molecule has 0 aliphatic carbocycles. The molecule has 2 aromatic rings. The zero-order chi connectivity index (χ0) is 27.2. The van der Waals surface area contributed by atoms with Crippen molar-refractivity contribution in [2.75, 3.05) is 6.61 Å². The summed E-state index contributed by atoms with van der Waals surface area (Å²) in [4.78, 5) is 38.1. The van der Waals surface area contributed by atoms with Crippen LogP contribution in [0.5, 0.6) is 0 Å². The fourth-order valence-corrected chi connectivity index (χ4v) is 5.54. The van der Waals surface area contributed by atoms with Crippen molar-refractivity contribution >= 4 is 17.9 Å². The zero-order valence-electron chi connectivity index (χ0n) is 22.1. The Morgan fingerprint density at radius 2 is 1.18 bits per heavy atom. The maximum Gasteiger partial charge on any atom is 0.303 e. The minimum absolute atomic E-state index is 0.0421. The van der Waals surface area contributed by atoms with E-state index in [1.54, 1.807) is 0 Å². The summed E-state index contributed by atoms with van der Waals surface area (Å²) >= 11 is 0. The molecule has 2 aliphatic heterocycles. The van der Waals surface area contributed by atoms with E-state index in [1.807, 2.05) is 67.6 Å². The molecule has 9 heteroatoms. The van der Waals surface area contributed by atoms with Crippen LogP contribution in [0.15, 0.2) is 60.7 Å². The summed E-state index contributed by atoms with van der Waals surface area (Å²) in [5.41, 5.74) is 1.95. The summed E-state index contributed by atoms with van der Waals surface area (Å²) < 4.78 is 29.9. The molecule has 0 radical (unpaired) electrons. The van der Waals surface area contributed by atoms with E-state index in [1.165, 1.54) is 20.8 Å². The Balaban J connectivity index is 1.70. The lowest BCUT2D eigenvalue weighted by molar-refractivity contribution is -0.168. The molecule has 7 atom stereocenters. The van der Waals surface area contributed by atoms with Crippen molar-refractivity contribution in [3.05, 3.63) is 71.8 Å². The summed E-state index contributed by atoms with van der Waals surface area (Å²) in [7, 11) is 0. The average molecular weight is 526 g/mol. The Hall–Kier alpha value is -3.27. The third kappa shape index (κ3) is 6.40. The second kappa shape index (κ2) is 12.5. The first-order valence-corrected chi connectivity index (χ1v) is 12.8. The molecule has 0 unspecified atom stereocenters. The van der Waals surface area contributed by atoms with Crippen molar-refractivity contribution in [1.29, 1.82) is 0 Å². The van der Waals surface area contributed by atoms with Crippen LogP contribution in [-0.4, -0.2) is 72.0 Å². The van der Waals surface area contributed by atoms with Gasteiger partial charge in [0, 0.05) is 26.8 Å². The molecule has 2 fully saturated rings. The quantitative estimate of drug-likeness (QED) is 0.342. The maximum atomic E-state index is 12.2. The van der Waals surface area contributed by atoms with Crippen molar-refractivity contribution in [2.45, 2.75) is 83.5 Å². The highest BCUT2D eigenvalue weighted by molar-refractivity contribution is 5.68. The molecule has 204 valence electrons. The van der Waals surface area contributed by atoms with Gasteiger partial charge < -0.3 is 23.7 Å². The van der Waals surface area contributed by atoms with Crippen LogP contribution in [0.1, 0.15) is 38.8 Å². The highest BCUT2D eigenvalue weighted by Crippen LogP contribution is 2.43. The molecular weight excluding hydrogens is 490 g/mol. The summed E-state index contributed by atoms with van der Waals surface area (Å²) in [5, 5.41) is 0. The molecule has 0 bridgehead atoms. The first-order valence-electron chi connectivity index (χ1n) is 12.8. The zero-order valence-corrected chi connectivity index (χ0v) is 22.1. The van der Waals surface area contributed by atoms with E-state index in [0.29, 0.717) is 13.2 Å². The lowest BCUT2D eigenvalue weighted by Gasteiger charge is -2.32. The number of hydrogen-bond acceptors (Lipinski definition) is 9. The van der Waals surface area contributed by atoms with Crippen molar-refractivity contribution in [1.82, 2.24) is 4.90 Å². The van der Waals surface area contributed by atoms with Crippen LogP contribution >= 0.6 is 0 Å². The van der Waals surface area contributed by atoms with Gasteiger partial charge >= 0.3 is 17.9 Å². The predicted molar refractivity (Wildman–Crippen MR) is 137 cm³/mol. The van der Waals surface area contributed by atoms with Crippen molar-refractivity contribution in [3.63, 3.8) is 0 Å². The average Bonchev–Trinajstić information content (AvgIpc) is 3.32. The first kappa shape index (κ1) is 27.8. The van der Waals surface area contributed by atoms with Crippen LogP contribution in [0, 0.1) is 0 Å². The molecule has 9 nitrogen and oxygen atoms in total. The number of carbonyl (C=O) groups excluding carboxylic acids is 3. The van der Waals surface area contributed by atoms with Gasteiger partial charge in [-0.2, -0.15) is 0 Å². The van der Waals surface area contributed by atoms with E-state index in [-0.39, 0.29) is 12.6 Å². The smallest absolute Gasteiger partial charge is 0.303 e. The highest BCUT2D eigenvalue weighted by atomic mass is 16.6. The second-order valence-corrected chi connectivity index (χ2v) is 9.72. The second-order valence-electron chi connectivity index (χ2n) is 9.72. The molecule has 4 rings (SSSR count). The van der Waals surface area contributed by atoms with Gasteiger partial charge in [0.2, 0.25) is 0 Å². The number of benzene rings is 2. The Morgan fingerprint density at radius 1 is 0.684 bits per heavy atom. The molecule has 2 heterocycles. The van der Waals surface area contributed by atoms with Gasteiger partial charge in [-0.05, 0) is 18.1 Å². The van der Waals surface area contributed by atoms with Crippen LogP contribution in [0.25, 0.3) is 0 Å². The molecule has 0 aromatic heterocycles. The lowest BCUT2D eigenvalue weighted by atomic mass is 9.98. The summed E-state index contributed by atoms with van der Waals surface area (Å²) in [6.07, 6.45) is -2.62. The number of carbonyl (C=O) groups is 3. The normalized spacial score (nSPS) is 28.5. The predicted octanol–water partition coefficient (Wildman–Crippen LogP) is 3.04. The summed E-state index contributed by atoms with van der Waals surface area (Å²) in [5.74, 6) is -1.39. The van der Waals surface area contributed by atoms with Gasteiger partial charge in [0.25, 0.3) is 0 Å². The molecule has 0 amide bonds. The van der Waals surface area contributed by atoms with Gasteiger partial charge in [-0.25, -0.2) is 0 Å². The number of ether oxygens (including phenoxy) is 5. The van der Waals surface area contributed by atoms with Crippen molar-refractivity contribution < 1.29 is 38.1 Å². The van der Waals surface area contributed by atoms with Crippen LogP contribution in [0.4, 0.5) is 0 Å². The number of fused-ring (bicyclic) bond motifs is 1. The number of nitrogens with zero attached hydrogens (tertiary/aromatic N) is 1. The van der Waals surface area contributed by atoms with E-state index >= 15 is 0 Å². The first-order chi connectivity index (χ1) is 18.3. The molecule has 0 N–H and O–H groups in total. The molecule has 2 aromatic carbocycles. The summed E-state index contributed by atoms with van der Waals surface area (Å²) in [6.45, 7) is 6.55. The number of esters is 3. The van der Waals surface area contributed by atoms with Crippen molar-refractivity contribution in [3.8, 4) is 0 Å². The van der Waals surface area contributed by atoms with E-state index in [0.717, 1.165) is 11.1 Å². The number of rotatable bonds is 10. The van der Waals surface area contributed by atoms with Gasteiger partial charge in [0.1, 0.15) is 18.8 Å². The van der Waals surface area contributed by atoms with Crippen LogP contribution in [-0.2, 0) is 51.3 Å². The monoisotopic (exact) mass is 525 g/mol. The van der Waals surface area contributed by atoms with E-state index in [2.05, 4.69) is 4.90 Å². The van der Waals surface area contributed by atoms with Gasteiger partial charge in [-0.15, -0.1) is 0 Å². The third-order valence-electron chi connectivity index (χ3n) is 7.00. The van der Waals surface area contributed by atoms with Crippen molar-refractivity contribution in [2.24, 2.45) is 0 Å². The van der Waals surface area contributed by atoms with E-state index in [4.69, 9.17) is 23.7 Å². The topological polar surface area (TPSA) is 101 Å². The van der Waals surface area contributed by atoms with E-state index in [9.17, 15) is 14.4 Å². The fraction of sp³-hybridized carbons (Fsp3) is 0.483. The Morgan fingerprint density at radius 3 is 1.68 bits per heavy atom. The SMILES string of the molecule is CC(=O)OC[C@@H]1[C@@H](OCc2ccccc2)[C@H](OCc2ccccc2)[C@H]2[C@H](OC(C)=O)[C@@H](OC(C)=O)[C@H](C)N21. The largest absolute Gasteiger partial charge is 0.464 e. The van der Waals surface area contributed by atoms with Gasteiger partial charge in [0.15, 0.2) is 12.2 Å². The van der Waals surface area contributed by atoms with Crippen LogP contribution in [0.2, 0.25) is 0 Å². The molecule has 0 saturated carbocycles. The molecule has 2 saturated heterocycles. The minimum atomic E-state index is -0.794. The molecule has 2 aliphatic rings. The molecule has 38 heavy (non-hydrogen) atoms.